The standard InChI is InChI=1S/C7H7ClN4S2/c1-3-2-14-5(4(3)8)6-10-11-7(13)12(6)9/h2H,9H2,1H3,(H,11,13). The number of thiophene rings is 1. The van der Waals surface area contributed by atoms with Crippen LogP contribution in [0, 0.1) is 11.7 Å². The normalized spacial score (nSPS) is 10.7. The van der Waals surface area contributed by atoms with E-state index in [1.165, 1.54) is 16.0 Å². The summed E-state index contributed by atoms with van der Waals surface area (Å²) in [6.45, 7) is 1.93. The number of nitrogens with one attached hydrogen (secondary N) is 1. The lowest BCUT2D eigenvalue weighted by molar-refractivity contribution is 0.986. The van der Waals surface area contributed by atoms with Crippen LogP contribution in [0.1, 0.15) is 5.56 Å². The van der Waals surface area contributed by atoms with Crippen molar-refractivity contribution in [3.63, 3.8) is 0 Å². The number of aromatic nitrogens is 3. The van der Waals surface area contributed by atoms with Crippen molar-refractivity contribution >= 4 is 35.2 Å². The van der Waals surface area contributed by atoms with Gasteiger partial charge in [-0.15, -0.1) is 11.3 Å². The number of nitrogens with two attached hydrogens (primary N) is 1. The number of H-pyrrole nitrogens is 1. The van der Waals surface area contributed by atoms with Crippen molar-refractivity contribution in [1.29, 1.82) is 0 Å². The van der Waals surface area contributed by atoms with Gasteiger partial charge >= 0.3 is 0 Å². The van der Waals surface area contributed by atoms with Crippen LogP contribution < -0.4 is 5.84 Å². The third-order valence-corrected chi connectivity index (χ3v) is 3.79. The second-order valence-corrected chi connectivity index (χ2v) is 4.43. The highest BCUT2D eigenvalue weighted by atomic mass is 35.5. The molecule has 0 aromatic carbocycles. The summed E-state index contributed by atoms with van der Waals surface area (Å²) in [7, 11) is 0. The van der Waals surface area contributed by atoms with E-state index in [0.717, 1.165) is 10.4 Å². The van der Waals surface area contributed by atoms with Gasteiger partial charge in [0, 0.05) is 0 Å². The van der Waals surface area contributed by atoms with Gasteiger partial charge < -0.3 is 5.84 Å². The second-order valence-electron chi connectivity index (χ2n) is 2.78. The predicted molar refractivity (Wildman–Crippen MR) is 60.6 cm³/mol. The number of aromatic amines is 1. The molecule has 0 radical (unpaired) electrons. The summed E-state index contributed by atoms with van der Waals surface area (Å²) in [4.78, 5) is 0.832. The number of nitrogens with zero attached hydrogens (tertiary/aromatic N) is 2. The smallest absolute Gasteiger partial charge is 0.214 e. The van der Waals surface area contributed by atoms with Gasteiger partial charge in [0.15, 0.2) is 5.82 Å². The Morgan fingerprint density at radius 2 is 2.43 bits per heavy atom. The maximum absolute atomic E-state index is 6.08. The first-order valence-electron chi connectivity index (χ1n) is 3.77. The Morgan fingerprint density at radius 1 is 1.71 bits per heavy atom. The molecule has 0 amide bonds. The zero-order valence-electron chi connectivity index (χ0n) is 7.24. The fraction of sp³-hybridized carbons (Fsp3) is 0.143. The lowest BCUT2D eigenvalue weighted by Gasteiger charge is -1.97. The Kier molecular flexibility index (Phi) is 2.34. The van der Waals surface area contributed by atoms with Crippen molar-refractivity contribution in [2.45, 2.75) is 6.92 Å². The van der Waals surface area contributed by atoms with E-state index in [-0.39, 0.29) is 0 Å². The Labute approximate surface area is 94.3 Å². The van der Waals surface area contributed by atoms with E-state index in [1.807, 2.05) is 12.3 Å². The number of hydrogen-bond acceptors (Lipinski definition) is 4. The Balaban J connectivity index is 2.66. The number of rotatable bonds is 1. The Hall–Kier alpha value is -0.850. The number of hydrogen-bond donors (Lipinski definition) is 2. The summed E-state index contributed by atoms with van der Waals surface area (Å²) in [5.41, 5.74) is 1.01. The largest absolute Gasteiger partial charge is 0.335 e. The van der Waals surface area contributed by atoms with Crippen molar-refractivity contribution in [2.75, 3.05) is 5.84 Å². The van der Waals surface area contributed by atoms with Crippen LogP contribution in [0.25, 0.3) is 10.7 Å². The molecule has 2 rings (SSSR count). The molecule has 3 N–H and O–H groups in total. The third kappa shape index (κ3) is 1.35. The minimum Gasteiger partial charge on any atom is -0.335 e. The topological polar surface area (TPSA) is 59.6 Å². The molecule has 0 spiro atoms. The minimum absolute atomic E-state index is 0.377. The monoisotopic (exact) mass is 246 g/mol. The van der Waals surface area contributed by atoms with E-state index in [0.29, 0.717) is 15.6 Å². The van der Waals surface area contributed by atoms with Crippen LogP contribution in [0.5, 0.6) is 0 Å². The summed E-state index contributed by atoms with van der Waals surface area (Å²) in [5, 5.41) is 9.25. The first-order valence-corrected chi connectivity index (χ1v) is 5.44. The second kappa shape index (κ2) is 3.38. The van der Waals surface area contributed by atoms with Gasteiger partial charge in [0.25, 0.3) is 0 Å². The average Bonchev–Trinajstić information content (AvgIpc) is 2.63. The first-order chi connectivity index (χ1) is 6.61. The zero-order chi connectivity index (χ0) is 10.3. The molecule has 0 bridgehead atoms. The van der Waals surface area contributed by atoms with E-state index >= 15 is 0 Å². The molecular weight excluding hydrogens is 240 g/mol. The highest BCUT2D eigenvalue weighted by Crippen LogP contribution is 2.34. The Bertz CT molecular complexity index is 524. The SMILES string of the molecule is Cc1csc(-c2n[nH]c(=S)n2N)c1Cl. The van der Waals surface area contributed by atoms with Gasteiger partial charge in [0.05, 0.1) is 9.90 Å². The lowest BCUT2D eigenvalue weighted by Crippen LogP contribution is -2.09. The van der Waals surface area contributed by atoms with Gasteiger partial charge in [0.1, 0.15) is 0 Å². The molecule has 0 saturated heterocycles. The van der Waals surface area contributed by atoms with Crippen molar-refractivity contribution in [1.82, 2.24) is 14.9 Å². The third-order valence-electron chi connectivity index (χ3n) is 1.81. The van der Waals surface area contributed by atoms with Crippen molar-refractivity contribution < 1.29 is 0 Å². The molecule has 0 aliphatic rings. The predicted octanol–water partition coefficient (Wildman–Crippen LogP) is 2.34. The van der Waals surface area contributed by atoms with Gasteiger partial charge in [-0.2, -0.15) is 5.10 Å². The molecule has 0 atom stereocenters. The highest BCUT2D eigenvalue weighted by Gasteiger charge is 2.14. The molecule has 14 heavy (non-hydrogen) atoms. The highest BCUT2D eigenvalue weighted by molar-refractivity contribution is 7.71. The minimum atomic E-state index is 0.377. The Morgan fingerprint density at radius 3 is 2.86 bits per heavy atom. The maximum atomic E-state index is 6.08. The van der Waals surface area contributed by atoms with Gasteiger partial charge in [-0.1, -0.05) is 11.6 Å². The van der Waals surface area contributed by atoms with Crippen molar-refractivity contribution in [3.05, 3.63) is 20.7 Å². The van der Waals surface area contributed by atoms with Crippen LogP contribution in [-0.4, -0.2) is 14.9 Å². The van der Waals surface area contributed by atoms with E-state index in [2.05, 4.69) is 10.2 Å². The fourth-order valence-corrected chi connectivity index (χ4v) is 2.44. The first kappa shape index (κ1) is 9.70. The number of aryl methyl sites for hydroxylation is 1. The summed E-state index contributed by atoms with van der Waals surface area (Å²) in [6.07, 6.45) is 0. The zero-order valence-corrected chi connectivity index (χ0v) is 9.63. The van der Waals surface area contributed by atoms with Gasteiger partial charge in [-0.25, -0.2) is 9.77 Å². The van der Waals surface area contributed by atoms with Crippen LogP contribution in [-0.2, 0) is 0 Å². The molecule has 74 valence electrons. The van der Waals surface area contributed by atoms with E-state index < -0.39 is 0 Å². The molecule has 4 nitrogen and oxygen atoms in total. The molecule has 2 aromatic heterocycles. The van der Waals surface area contributed by atoms with E-state index in [9.17, 15) is 0 Å². The quantitative estimate of drug-likeness (QED) is 0.600. The molecular formula is C7H7ClN4S2. The summed E-state index contributed by atoms with van der Waals surface area (Å²) >= 11 is 12.5. The molecule has 2 aromatic rings. The fourth-order valence-electron chi connectivity index (χ4n) is 1.05. The van der Waals surface area contributed by atoms with Crippen LogP contribution in [0.3, 0.4) is 0 Å². The lowest BCUT2D eigenvalue weighted by atomic mass is 10.3. The molecule has 2 heterocycles. The molecule has 0 aliphatic heterocycles. The van der Waals surface area contributed by atoms with E-state index in [4.69, 9.17) is 29.7 Å². The maximum Gasteiger partial charge on any atom is 0.214 e. The van der Waals surface area contributed by atoms with E-state index in [1.54, 1.807) is 0 Å². The molecule has 0 saturated carbocycles. The average molecular weight is 247 g/mol. The molecule has 0 fully saturated rings. The van der Waals surface area contributed by atoms with Gasteiger partial charge in [-0.3, -0.25) is 0 Å². The van der Waals surface area contributed by atoms with Crippen LogP contribution >= 0.6 is 35.2 Å². The van der Waals surface area contributed by atoms with Crippen molar-refractivity contribution in [2.24, 2.45) is 0 Å². The van der Waals surface area contributed by atoms with Crippen molar-refractivity contribution in [3.8, 4) is 10.7 Å². The molecule has 7 heteroatoms. The summed E-state index contributed by atoms with van der Waals surface area (Å²) < 4.78 is 1.69. The van der Waals surface area contributed by atoms with Gasteiger partial charge in [-0.05, 0) is 30.1 Å². The summed E-state index contributed by atoms with van der Waals surface area (Å²) in [5.74, 6) is 6.25. The summed E-state index contributed by atoms with van der Waals surface area (Å²) in [6, 6.07) is 0. The number of nitrogen functional groups attached to an aromatic ring is 1. The van der Waals surface area contributed by atoms with Crippen LogP contribution in [0.2, 0.25) is 5.02 Å². The van der Waals surface area contributed by atoms with Gasteiger partial charge in [0.2, 0.25) is 4.77 Å². The number of halogens is 1. The molecule has 0 unspecified atom stereocenters. The van der Waals surface area contributed by atoms with Crippen LogP contribution in [0.4, 0.5) is 0 Å². The van der Waals surface area contributed by atoms with Crippen LogP contribution in [0.15, 0.2) is 5.38 Å². The molecule has 0 aliphatic carbocycles.